The number of hydrogen-bond donors (Lipinski definition) is 2. The molecule has 210 valence electrons. The number of nitrogens with one attached hydrogen (secondary N) is 1. The first-order valence-corrected chi connectivity index (χ1v) is 16.2. The Morgan fingerprint density at radius 1 is 1.05 bits per heavy atom. The van der Waals surface area contributed by atoms with E-state index in [9.17, 15) is 12.9 Å². The molecular formula is C29H32AsFN4O5. The standard InChI is InChI=1S/C15H12FN3.C14H20AsNO5/c1-19-10-14(11-6-8-17-9-7-11)15(18-19)12-2-4-13(16)5-3-12;1-11(17)16-20-15(18,21-19)14-9-5-8-13(10-14)12-6-3-2-4-7-12/h2-10H,1H3;5,8-10,12,19H,2-4,6-7H2,1H3,(H,16,17). The molecule has 0 bridgehead atoms. The Morgan fingerprint density at radius 2 is 1.75 bits per heavy atom. The molecule has 1 unspecified atom stereocenters. The van der Waals surface area contributed by atoms with Crippen LogP contribution in [-0.4, -0.2) is 40.1 Å². The first-order chi connectivity index (χ1) is 19.3. The normalized spacial score (nSPS) is 15.0. The van der Waals surface area contributed by atoms with Gasteiger partial charge in [0.15, 0.2) is 0 Å². The largest absolute Gasteiger partial charge is 0.275 e. The van der Waals surface area contributed by atoms with Crippen LogP contribution >= 0.6 is 0 Å². The van der Waals surface area contributed by atoms with Crippen molar-refractivity contribution in [2.45, 2.75) is 44.9 Å². The van der Waals surface area contributed by atoms with Gasteiger partial charge in [-0.2, -0.15) is 5.10 Å². The number of amides is 1. The maximum absolute atomic E-state index is 13.0. The predicted molar refractivity (Wildman–Crippen MR) is 149 cm³/mol. The molecule has 2 aromatic carbocycles. The monoisotopic (exact) mass is 610 g/mol. The Hall–Kier alpha value is -3.56. The molecule has 5 rings (SSSR count). The Morgan fingerprint density at radius 3 is 2.40 bits per heavy atom. The molecule has 4 aromatic rings. The van der Waals surface area contributed by atoms with Crippen molar-refractivity contribution in [2.24, 2.45) is 7.05 Å². The minimum absolute atomic E-state index is 0.245. The second-order valence-corrected chi connectivity index (χ2v) is 13.5. The minimum atomic E-state index is -4.67. The van der Waals surface area contributed by atoms with E-state index in [-0.39, 0.29) is 10.2 Å². The average molecular weight is 611 g/mol. The van der Waals surface area contributed by atoms with Crippen LogP contribution in [0.25, 0.3) is 22.4 Å². The summed E-state index contributed by atoms with van der Waals surface area (Å²) in [5, 5.41) is 13.4. The molecule has 0 saturated heterocycles. The third-order valence-electron chi connectivity index (χ3n) is 6.62. The van der Waals surface area contributed by atoms with E-state index < -0.39 is 20.1 Å². The van der Waals surface area contributed by atoms with Crippen molar-refractivity contribution in [3.8, 4) is 22.4 Å². The van der Waals surface area contributed by atoms with Gasteiger partial charge in [0.2, 0.25) is 0 Å². The molecular weight excluding hydrogens is 578 g/mol. The minimum Gasteiger partial charge on any atom is -0.275 e. The molecule has 9 nitrogen and oxygen atoms in total. The summed E-state index contributed by atoms with van der Waals surface area (Å²) in [4.78, 5) is 14.9. The molecule has 0 radical (unpaired) electrons. The van der Waals surface area contributed by atoms with E-state index in [1.54, 1.807) is 47.4 Å². The van der Waals surface area contributed by atoms with Crippen LogP contribution in [0.2, 0.25) is 0 Å². The van der Waals surface area contributed by atoms with Crippen molar-refractivity contribution in [2.75, 3.05) is 0 Å². The topological polar surface area (TPSA) is 116 Å². The summed E-state index contributed by atoms with van der Waals surface area (Å²) >= 11 is -4.67. The van der Waals surface area contributed by atoms with Crippen LogP contribution in [0.15, 0.2) is 79.3 Å². The maximum atomic E-state index is 13.0. The summed E-state index contributed by atoms with van der Waals surface area (Å²) in [6.45, 7) is 1.22. The Labute approximate surface area is 235 Å². The molecule has 2 N–H and O–H groups in total. The van der Waals surface area contributed by atoms with Gasteiger partial charge in [0, 0.05) is 36.8 Å². The molecule has 1 atom stereocenters. The summed E-state index contributed by atoms with van der Waals surface area (Å²) < 4.78 is 36.4. The number of aromatic nitrogens is 3. The van der Waals surface area contributed by atoms with Crippen LogP contribution in [0.4, 0.5) is 4.39 Å². The summed E-state index contributed by atoms with van der Waals surface area (Å²) in [5.41, 5.74) is 6.83. The molecule has 1 amide bonds. The fourth-order valence-electron chi connectivity index (χ4n) is 4.68. The summed E-state index contributed by atoms with van der Waals surface area (Å²) in [7, 11) is 1.87. The Bertz CT molecular complexity index is 1460. The second kappa shape index (κ2) is 13.7. The van der Waals surface area contributed by atoms with Gasteiger partial charge in [0.25, 0.3) is 0 Å². The predicted octanol–water partition coefficient (Wildman–Crippen LogP) is 5.16. The van der Waals surface area contributed by atoms with Crippen LogP contribution in [0.3, 0.4) is 0 Å². The number of rotatable bonds is 7. The molecule has 1 fully saturated rings. The average Bonchev–Trinajstić information content (AvgIpc) is 3.39. The van der Waals surface area contributed by atoms with Crippen molar-refractivity contribution in [3.05, 3.63) is 90.6 Å². The number of hydrogen-bond acceptors (Lipinski definition) is 7. The second-order valence-electron chi connectivity index (χ2n) is 9.57. The van der Waals surface area contributed by atoms with E-state index in [4.69, 9.17) is 9.08 Å². The molecule has 2 heterocycles. The van der Waals surface area contributed by atoms with Crippen LogP contribution in [0.1, 0.15) is 50.5 Å². The maximum Gasteiger partial charge on any atom is 0.123 e. The summed E-state index contributed by atoms with van der Waals surface area (Å²) in [6.07, 6.45) is 11.3. The van der Waals surface area contributed by atoms with Gasteiger partial charge in [-0.3, -0.25) is 9.67 Å². The molecule has 1 aliphatic carbocycles. The Balaban J connectivity index is 0.000000186. The van der Waals surface area contributed by atoms with Gasteiger partial charge in [-0.05, 0) is 42.0 Å². The first-order valence-electron chi connectivity index (χ1n) is 13.0. The summed E-state index contributed by atoms with van der Waals surface area (Å²) in [5.74, 6) is -0.329. The van der Waals surface area contributed by atoms with E-state index in [1.165, 1.54) is 38.3 Å². The number of benzene rings is 2. The van der Waals surface area contributed by atoms with Crippen molar-refractivity contribution < 1.29 is 25.9 Å². The van der Waals surface area contributed by atoms with Crippen molar-refractivity contribution in [1.29, 1.82) is 0 Å². The van der Waals surface area contributed by atoms with E-state index in [2.05, 4.69) is 14.0 Å². The Kier molecular flexibility index (Phi) is 10.1. The number of nitrogens with zero attached hydrogens (tertiary/aromatic N) is 3. The summed E-state index contributed by atoms with van der Waals surface area (Å²) in [6, 6.07) is 17.3. The molecule has 0 spiro atoms. The number of carbonyl (C=O) groups is 1. The quantitative estimate of drug-likeness (QED) is 0.169. The fraction of sp³-hybridized carbons (Fsp3) is 0.276. The molecule has 1 aliphatic rings. The van der Waals surface area contributed by atoms with Gasteiger partial charge in [-0.15, -0.1) is 0 Å². The molecule has 2 aromatic heterocycles. The molecule has 40 heavy (non-hydrogen) atoms. The van der Waals surface area contributed by atoms with Gasteiger partial charge < -0.3 is 0 Å². The number of aryl methyl sites for hydroxylation is 1. The van der Waals surface area contributed by atoms with E-state index in [1.807, 2.05) is 36.9 Å². The van der Waals surface area contributed by atoms with E-state index in [0.29, 0.717) is 5.92 Å². The zero-order valence-electron chi connectivity index (χ0n) is 22.4. The van der Waals surface area contributed by atoms with Crippen LogP contribution < -0.4 is 9.83 Å². The van der Waals surface area contributed by atoms with Crippen LogP contribution in [-0.2, 0) is 23.3 Å². The third-order valence-corrected chi connectivity index (χ3v) is 9.68. The molecule has 1 saturated carbocycles. The van der Waals surface area contributed by atoms with Crippen LogP contribution in [0, 0.1) is 5.82 Å². The number of carbonyl (C=O) groups excluding carboxylic acids is 1. The van der Waals surface area contributed by atoms with Crippen molar-refractivity contribution >= 4 is 24.4 Å². The third kappa shape index (κ3) is 7.55. The van der Waals surface area contributed by atoms with Gasteiger partial charge >= 0.3 is 126 Å². The van der Waals surface area contributed by atoms with Crippen molar-refractivity contribution in [1.82, 2.24) is 20.2 Å². The zero-order valence-corrected chi connectivity index (χ0v) is 24.2. The van der Waals surface area contributed by atoms with E-state index >= 15 is 0 Å². The van der Waals surface area contributed by atoms with Crippen LogP contribution in [0.5, 0.6) is 0 Å². The van der Waals surface area contributed by atoms with Crippen molar-refractivity contribution in [3.63, 3.8) is 0 Å². The SMILES string of the molecule is CC(=O)NO[As](=O)(OO)c1cccc(C2CCCCC2)c1.Cn1cc(-c2ccncc2)c(-c2ccc(F)cc2)n1. The van der Waals surface area contributed by atoms with Gasteiger partial charge in [0.05, 0.1) is 0 Å². The van der Waals surface area contributed by atoms with E-state index in [0.717, 1.165) is 40.8 Å². The molecule has 11 heteroatoms. The zero-order chi connectivity index (χ0) is 28.5. The van der Waals surface area contributed by atoms with Gasteiger partial charge in [-0.25, -0.2) is 4.39 Å². The molecule has 0 aliphatic heterocycles. The fourth-order valence-corrected chi connectivity index (χ4v) is 6.90. The number of pyridine rings is 1. The first kappa shape index (κ1) is 29.4. The van der Waals surface area contributed by atoms with Gasteiger partial charge in [-0.1, -0.05) is 0 Å². The number of halogens is 1. The smallest absolute Gasteiger partial charge is 0.123 e. The van der Waals surface area contributed by atoms with Gasteiger partial charge in [0.1, 0.15) is 11.5 Å². The number of hydroxylamine groups is 1.